The summed E-state index contributed by atoms with van der Waals surface area (Å²) in [6.45, 7) is 1.83. The molecule has 0 aliphatic heterocycles. The first-order valence-corrected chi connectivity index (χ1v) is 5.22. The van der Waals surface area contributed by atoms with Gasteiger partial charge >= 0.3 is 0 Å². The fourth-order valence-corrected chi connectivity index (χ4v) is 1.43. The number of anilines is 1. The van der Waals surface area contributed by atoms with Crippen molar-refractivity contribution in [3.05, 3.63) is 47.2 Å². The van der Waals surface area contributed by atoms with Crippen LogP contribution < -0.4 is 5.32 Å². The van der Waals surface area contributed by atoms with Crippen LogP contribution in [0.5, 0.6) is 0 Å². The van der Waals surface area contributed by atoms with E-state index in [-0.39, 0.29) is 12.5 Å². The lowest BCUT2D eigenvalue weighted by Crippen LogP contribution is -2.12. The second-order valence-electron chi connectivity index (χ2n) is 3.75. The highest BCUT2D eigenvalue weighted by atomic mass is 16.3. The molecule has 1 heterocycles. The summed E-state index contributed by atoms with van der Waals surface area (Å²) in [6.07, 6.45) is 0. The lowest BCUT2D eigenvalue weighted by molar-refractivity contribution is 0.102. The summed E-state index contributed by atoms with van der Waals surface area (Å²) in [7, 11) is 0. The molecule has 3 N–H and O–H groups in total. The molecule has 1 aromatic heterocycles. The maximum absolute atomic E-state index is 11.8. The number of carbonyl (C=O) groups excluding carboxylic acids is 1. The van der Waals surface area contributed by atoms with E-state index in [4.69, 9.17) is 5.11 Å². The molecule has 88 valence electrons. The molecule has 0 saturated heterocycles. The van der Waals surface area contributed by atoms with Crippen LogP contribution in [0.2, 0.25) is 0 Å². The number of aliphatic hydroxyl groups is 1. The second kappa shape index (κ2) is 4.80. The molecule has 0 fully saturated rings. The van der Waals surface area contributed by atoms with Gasteiger partial charge in [0.25, 0.3) is 5.91 Å². The molecule has 0 unspecified atom stereocenters. The van der Waals surface area contributed by atoms with E-state index in [2.05, 4.69) is 15.5 Å². The minimum absolute atomic E-state index is 0.0273. The molecule has 2 rings (SSSR count). The molecule has 0 aliphatic rings. The smallest absolute Gasteiger partial charge is 0.256 e. The third-order valence-electron chi connectivity index (χ3n) is 2.35. The van der Waals surface area contributed by atoms with E-state index < -0.39 is 0 Å². The zero-order valence-corrected chi connectivity index (χ0v) is 9.40. The van der Waals surface area contributed by atoms with Crippen molar-refractivity contribution in [3.8, 4) is 0 Å². The Morgan fingerprint density at radius 3 is 2.65 bits per heavy atom. The molecule has 5 nitrogen and oxygen atoms in total. The molecule has 0 aliphatic carbocycles. The predicted octanol–water partition coefficient (Wildman–Crippen LogP) is 1.46. The summed E-state index contributed by atoms with van der Waals surface area (Å²) >= 11 is 0. The molecule has 2 aromatic rings. The Labute approximate surface area is 98.5 Å². The summed E-state index contributed by atoms with van der Waals surface area (Å²) in [4.78, 5) is 11.8. The Morgan fingerprint density at radius 2 is 2.12 bits per heavy atom. The van der Waals surface area contributed by atoms with Gasteiger partial charge in [-0.3, -0.25) is 9.89 Å². The van der Waals surface area contributed by atoms with Crippen molar-refractivity contribution < 1.29 is 9.90 Å². The van der Waals surface area contributed by atoms with Gasteiger partial charge in [-0.25, -0.2) is 0 Å². The molecule has 1 amide bonds. The summed E-state index contributed by atoms with van der Waals surface area (Å²) in [5.41, 5.74) is 2.19. The van der Waals surface area contributed by atoms with E-state index >= 15 is 0 Å². The van der Waals surface area contributed by atoms with Crippen LogP contribution in [0.3, 0.4) is 0 Å². The minimum atomic E-state index is -0.221. The molecular weight excluding hydrogens is 218 g/mol. The molecular formula is C12H13N3O2. The number of H-pyrrole nitrogens is 1. The van der Waals surface area contributed by atoms with Crippen molar-refractivity contribution in [3.63, 3.8) is 0 Å². The largest absolute Gasteiger partial charge is 0.392 e. The number of hydrogen-bond acceptors (Lipinski definition) is 3. The number of rotatable bonds is 3. The highest BCUT2D eigenvalue weighted by molar-refractivity contribution is 6.03. The Morgan fingerprint density at radius 1 is 1.41 bits per heavy atom. The lowest BCUT2D eigenvalue weighted by Gasteiger charge is -2.02. The van der Waals surface area contributed by atoms with Crippen LogP contribution >= 0.6 is 0 Å². The van der Waals surface area contributed by atoms with Gasteiger partial charge in [-0.1, -0.05) is 12.1 Å². The van der Waals surface area contributed by atoms with E-state index in [1.807, 2.05) is 6.92 Å². The van der Waals surface area contributed by atoms with Crippen LogP contribution in [0, 0.1) is 6.92 Å². The van der Waals surface area contributed by atoms with Gasteiger partial charge in [0.15, 0.2) is 5.82 Å². The van der Waals surface area contributed by atoms with Crippen LogP contribution in [0.15, 0.2) is 30.3 Å². The number of nitrogens with one attached hydrogen (secondary N) is 2. The Hall–Kier alpha value is -2.14. The van der Waals surface area contributed by atoms with Crippen LogP contribution in [0.25, 0.3) is 0 Å². The van der Waals surface area contributed by atoms with Gasteiger partial charge in [-0.15, -0.1) is 0 Å². The number of carbonyl (C=O) groups is 1. The highest BCUT2D eigenvalue weighted by Gasteiger charge is 2.07. The molecule has 0 bridgehead atoms. The normalized spacial score (nSPS) is 10.2. The number of aromatic nitrogens is 2. The first-order chi connectivity index (χ1) is 8.19. The van der Waals surface area contributed by atoms with Crippen molar-refractivity contribution >= 4 is 11.7 Å². The quantitative estimate of drug-likeness (QED) is 0.748. The van der Waals surface area contributed by atoms with Gasteiger partial charge in [0, 0.05) is 17.3 Å². The average molecular weight is 231 g/mol. The first-order valence-electron chi connectivity index (χ1n) is 5.22. The number of amides is 1. The van der Waals surface area contributed by atoms with Crippen molar-refractivity contribution in [2.75, 3.05) is 5.32 Å². The fourth-order valence-electron chi connectivity index (χ4n) is 1.43. The minimum Gasteiger partial charge on any atom is -0.392 e. The number of aliphatic hydroxyl groups excluding tert-OH is 1. The zero-order valence-electron chi connectivity index (χ0n) is 9.40. The Kier molecular flexibility index (Phi) is 3.20. The Balaban J connectivity index is 2.09. The van der Waals surface area contributed by atoms with E-state index in [1.165, 1.54) is 0 Å². The first kappa shape index (κ1) is 11.3. The van der Waals surface area contributed by atoms with Crippen LogP contribution in [0.4, 0.5) is 5.82 Å². The van der Waals surface area contributed by atoms with Crippen molar-refractivity contribution in [1.82, 2.24) is 10.2 Å². The second-order valence-corrected chi connectivity index (χ2v) is 3.75. The Bertz CT molecular complexity index is 517. The van der Waals surface area contributed by atoms with Gasteiger partial charge in [0.1, 0.15) is 0 Å². The lowest BCUT2D eigenvalue weighted by atomic mass is 10.1. The third kappa shape index (κ3) is 2.70. The van der Waals surface area contributed by atoms with E-state index in [9.17, 15) is 4.79 Å². The van der Waals surface area contributed by atoms with E-state index in [0.29, 0.717) is 11.4 Å². The van der Waals surface area contributed by atoms with Gasteiger partial charge in [0.2, 0.25) is 0 Å². The molecule has 17 heavy (non-hydrogen) atoms. The maximum Gasteiger partial charge on any atom is 0.256 e. The number of nitrogens with zero attached hydrogens (tertiary/aromatic N) is 1. The molecule has 0 atom stereocenters. The third-order valence-corrected chi connectivity index (χ3v) is 2.35. The van der Waals surface area contributed by atoms with E-state index in [1.54, 1.807) is 30.3 Å². The summed E-state index contributed by atoms with van der Waals surface area (Å²) in [6, 6.07) is 8.51. The predicted molar refractivity (Wildman–Crippen MR) is 63.6 cm³/mol. The van der Waals surface area contributed by atoms with Crippen molar-refractivity contribution in [2.45, 2.75) is 13.5 Å². The topological polar surface area (TPSA) is 78.0 Å². The highest BCUT2D eigenvalue weighted by Crippen LogP contribution is 2.09. The van der Waals surface area contributed by atoms with Gasteiger partial charge in [-0.05, 0) is 24.6 Å². The number of aryl methyl sites for hydroxylation is 1. The summed E-state index contributed by atoms with van der Waals surface area (Å²) < 4.78 is 0. The van der Waals surface area contributed by atoms with E-state index in [0.717, 1.165) is 11.3 Å². The monoisotopic (exact) mass is 231 g/mol. The average Bonchev–Trinajstić information content (AvgIpc) is 2.75. The number of benzene rings is 1. The standard InChI is InChI=1S/C12H13N3O2/c1-8-6-11(15-14-8)13-12(17)10-4-2-9(7-16)3-5-10/h2-6,16H,7H2,1H3,(H2,13,14,15,17). The van der Waals surface area contributed by atoms with Gasteiger partial charge in [0.05, 0.1) is 6.61 Å². The fraction of sp³-hybridized carbons (Fsp3) is 0.167. The maximum atomic E-state index is 11.8. The van der Waals surface area contributed by atoms with Crippen molar-refractivity contribution in [1.29, 1.82) is 0 Å². The van der Waals surface area contributed by atoms with Gasteiger partial charge < -0.3 is 10.4 Å². The number of aromatic amines is 1. The SMILES string of the molecule is Cc1cc(NC(=O)c2ccc(CO)cc2)n[nH]1. The molecule has 0 radical (unpaired) electrons. The van der Waals surface area contributed by atoms with Crippen LogP contribution in [-0.2, 0) is 6.61 Å². The molecule has 1 aromatic carbocycles. The van der Waals surface area contributed by atoms with Crippen LogP contribution in [-0.4, -0.2) is 21.2 Å². The van der Waals surface area contributed by atoms with Gasteiger partial charge in [-0.2, -0.15) is 5.10 Å². The summed E-state index contributed by atoms with van der Waals surface area (Å²) in [5, 5.41) is 18.2. The number of hydrogen-bond donors (Lipinski definition) is 3. The molecule has 0 saturated carbocycles. The zero-order chi connectivity index (χ0) is 12.3. The molecule has 0 spiro atoms. The van der Waals surface area contributed by atoms with Crippen molar-refractivity contribution in [2.24, 2.45) is 0 Å². The molecule has 5 heteroatoms. The summed E-state index contributed by atoms with van der Waals surface area (Å²) in [5.74, 6) is 0.278. The van der Waals surface area contributed by atoms with Crippen LogP contribution in [0.1, 0.15) is 21.6 Å².